The first-order chi connectivity index (χ1) is 15.5. The molecule has 0 aliphatic carbocycles. The number of nitrogens with zero attached hydrogens (tertiary/aromatic N) is 6. The van der Waals surface area contributed by atoms with Crippen molar-refractivity contribution in [3.05, 3.63) is 53.3 Å². The molecule has 0 bridgehead atoms. The van der Waals surface area contributed by atoms with E-state index in [1.165, 1.54) is 30.3 Å². The third kappa shape index (κ3) is 4.64. The normalized spacial score (nSPS) is 13.9. The SMILES string of the molecule is N#CCCN(CCC#N)c1ccc(C=C2C(=O)N(c3ccc(C(=O)O)cc3)N=C2C#N)o1. The molecule has 0 saturated carbocycles. The molecule has 0 spiro atoms. The highest BCUT2D eigenvalue weighted by Gasteiger charge is 2.32. The summed E-state index contributed by atoms with van der Waals surface area (Å²) in [5.41, 5.74) is 0.286. The number of hydrogen-bond donors (Lipinski definition) is 1. The molecule has 1 aromatic heterocycles. The van der Waals surface area contributed by atoms with Crippen molar-refractivity contribution in [2.45, 2.75) is 12.8 Å². The van der Waals surface area contributed by atoms with E-state index in [9.17, 15) is 14.9 Å². The number of rotatable bonds is 8. The largest absolute Gasteiger partial charge is 0.478 e. The molecular weight excluding hydrogens is 412 g/mol. The number of anilines is 2. The Hall–Kier alpha value is -4.88. The quantitative estimate of drug-likeness (QED) is 0.629. The van der Waals surface area contributed by atoms with Gasteiger partial charge < -0.3 is 14.4 Å². The lowest BCUT2D eigenvalue weighted by atomic mass is 10.1. The van der Waals surface area contributed by atoms with Crippen molar-refractivity contribution in [2.24, 2.45) is 5.10 Å². The van der Waals surface area contributed by atoms with E-state index in [1.54, 1.807) is 17.0 Å². The summed E-state index contributed by atoms with van der Waals surface area (Å²) in [6, 6.07) is 14.8. The molecule has 1 amide bonds. The Morgan fingerprint density at radius 3 is 2.31 bits per heavy atom. The van der Waals surface area contributed by atoms with Gasteiger partial charge in [-0.25, -0.2) is 4.79 Å². The van der Waals surface area contributed by atoms with Crippen LogP contribution < -0.4 is 9.91 Å². The Balaban J connectivity index is 1.85. The summed E-state index contributed by atoms with van der Waals surface area (Å²) in [4.78, 5) is 25.6. The van der Waals surface area contributed by atoms with Gasteiger partial charge in [-0.05, 0) is 36.4 Å². The zero-order chi connectivity index (χ0) is 23.1. The molecule has 10 nitrogen and oxygen atoms in total. The maximum atomic E-state index is 12.9. The number of hydrazone groups is 1. The molecule has 2 heterocycles. The zero-order valence-electron chi connectivity index (χ0n) is 16.7. The summed E-state index contributed by atoms with van der Waals surface area (Å²) in [7, 11) is 0. The van der Waals surface area contributed by atoms with E-state index in [1.807, 2.05) is 18.2 Å². The van der Waals surface area contributed by atoms with Crippen LogP contribution in [-0.2, 0) is 4.79 Å². The van der Waals surface area contributed by atoms with Crippen LogP contribution >= 0.6 is 0 Å². The van der Waals surface area contributed by atoms with Gasteiger partial charge >= 0.3 is 5.97 Å². The Labute approximate surface area is 183 Å². The van der Waals surface area contributed by atoms with Crippen molar-refractivity contribution in [2.75, 3.05) is 23.0 Å². The van der Waals surface area contributed by atoms with Crippen LogP contribution in [0.1, 0.15) is 29.0 Å². The second-order valence-corrected chi connectivity index (χ2v) is 6.57. The molecular formula is C22H16N6O4. The van der Waals surface area contributed by atoms with Gasteiger partial charge in [-0.3, -0.25) is 4.79 Å². The fourth-order valence-corrected chi connectivity index (χ4v) is 2.98. The Bertz CT molecular complexity index is 1200. The van der Waals surface area contributed by atoms with Crippen LogP contribution in [0.4, 0.5) is 11.6 Å². The fraction of sp³-hybridized carbons (Fsp3) is 0.182. The first kappa shape index (κ1) is 21.8. The highest BCUT2D eigenvalue weighted by Crippen LogP contribution is 2.27. The molecule has 2 aromatic rings. The van der Waals surface area contributed by atoms with E-state index in [-0.39, 0.29) is 29.7 Å². The summed E-state index contributed by atoms with van der Waals surface area (Å²) in [5.74, 6) is -0.927. The number of benzene rings is 1. The lowest BCUT2D eigenvalue weighted by Crippen LogP contribution is -2.24. The van der Waals surface area contributed by atoms with Gasteiger partial charge in [-0.2, -0.15) is 25.9 Å². The van der Waals surface area contributed by atoms with Crippen LogP contribution in [0.25, 0.3) is 6.08 Å². The number of furan rings is 1. The van der Waals surface area contributed by atoms with E-state index in [4.69, 9.17) is 20.0 Å². The molecule has 0 saturated heterocycles. The molecule has 0 atom stereocenters. The summed E-state index contributed by atoms with van der Waals surface area (Å²) >= 11 is 0. The molecule has 0 fully saturated rings. The zero-order valence-corrected chi connectivity index (χ0v) is 16.7. The summed E-state index contributed by atoms with van der Waals surface area (Å²) in [6.45, 7) is 0.761. The van der Waals surface area contributed by atoms with Gasteiger partial charge in [0.1, 0.15) is 11.8 Å². The maximum absolute atomic E-state index is 12.9. The molecule has 1 N–H and O–H groups in total. The number of amides is 1. The summed E-state index contributed by atoms with van der Waals surface area (Å²) < 4.78 is 5.76. The molecule has 32 heavy (non-hydrogen) atoms. The Morgan fingerprint density at radius 2 is 1.75 bits per heavy atom. The average molecular weight is 428 g/mol. The van der Waals surface area contributed by atoms with Crippen molar-refractivity contribution >= 4 is 35.2 Å². The second-order valence-electron chi connectivity index (χ2n) is 6.57. The number of hydrogen-bond acceptors (Lipinski definition) is 8. The lowest BCUT2D eigenvalue weighted by molar-refractivity contribution is -0.114. The van der Waals surface area contributed by atoms with Gasteiger partial charge in [0.15, 0.2) is 11.6 Å². The van der Waals surface area contributed by atoms with Crippen LogP contribution in [0.5, 0.6) is 0 Å². The van der Waals surface area contributed by atoms with Gasteiger partial charge in [0.2, 0.25) is 0 Å². The minimum atomic E-state index is -1.10. The third-order valence-corrected chi connectivity index (χ3v) is 4.54. The number of carbonyl (C=O) groups excluding carboxylic acids is 1. The molecule has 0 unspecified atom stereocenters. The van der Waals surface area contributed by atoms with Gasteiger partial charge in [0.25, 0.3) is 5.91 Å². The van der Waals surface area contributed by atoms with Gasteiger partial charge in [0, 0.05) is 19.2 Å². The predicted octanol–water partition coefficient (Wildman–Crippen LogP) is 2.92. The van der Waals surface area contributed by atoms with E-state index < -0.39 is 11.9 Å². The summed E-state index contributed by atoms with van der Waals surface area (Å²) in [5, 5.41) is 41.1. The summed E-state index contributed by atoms with van der Waals surface area (Å²) in [6.07, 6.45) is 1.90. The topological polar surface area (TPSA) is 158 Å². The standard InChI is InChI=1S/C22H16N6O4/c23-9-1-11-27(12-2-10-24)20-8-7-17(32-20)13-18-19(14-25)26-28(21(18)29)16-5-3-15(4-6-16)22(30)31/h3-8,13H,1-2,11-12H2,(H,30,31). The van der Waals surface area contributed by atoms with Crippen molar-refractivity contribution < 1.29 is 19.1 Å². The molecule has 0 radical (unpaired) electrons. The van der Waals surface area contributed by atoms with Gasteiger partial charge in [-0.1, -0.05) is 0 Å². The van der Waals surface area contributed by atoms with E-state index in [2.05, 4.69) is 5.10 Å². The number of aromatic carboxylic acids is 1. The van der Waals surface area contributed by atoms with Crippen molar-refractivity contribution in [1.29, 1.82) is 15.8 Å². The third-order valence-electron chi connectivity index (χ3n) is 4.54. The molecule has 1 aliphatic heterocycles. The molecule has 1 aromatic carbocycles. The molecule has 158 valence electrons. The minimum absolute atomic E-state index is 0.0244. The van der Waals surface area contributed by atoms with Gasteiger partial charge in [0.05, 0.1) is 41.8 Å². The van der Waals surface area contributed by atoms with Gasteiger partial charge in [-0.15, -0.1) is 0 Å². The van der Waals surface area contributed by atoms with Crippen molar-refractivity contribution in [3.8, 4) is 18.2 Å². The number of nitriles is 3. The highest BCUT2D eigenvalue weighted by molar-refractivity contribution is 6.37. The average Bonchev–Trinajstić information content (AvgIpc) is 3.39. The smallest absolute Gasteiger partial charge is 0.335 e. The Morgan fingerprint density at radius 1 is 1.09 bits per heavy atom. The first-order valence-corrected chi connectivity index (χ1v) is 9.45. The van der Waals surface area contributed by atoms with Crippen LogP contribution in [0.15, 0.2) is 51.5 Å². The molecule has 3 rings (SSSR count). The van der Waals surface area contributed by atoms with Crippen molar-refractivity contribution in [1.82, 2.24) is 0 Å². The second kappa shape index (κ2) is 9.75. The monoisotopic (exact) mass is 428 g/mol. The lowest BCUT2D eigenvalue weighted by Gasteiger charge is -2.18. The van der Waals surface area contributed by atoms with Crippen LogP contribution in [0, 0.1) is 34.0 Å². The number of carboxylic acids is 1. The van der Waals surface area contributed by atoms with Crippen LogP contribution in [0.3, 0.4) is 0 Å². The highest BCUT2D eigenvalue weighted by atomic mass is 16.4. The Kier molecular flexibility index (Phi) is 6.65. The number of carboxylic acid groups (broad SMARTS) is 1. The molecule has 10 heteroatoms. The van der Waals surface area contributed by atoms with E-state index in [0.717, 1.165) is 5.01 Å². The van der Waals surface area contributed by atoms with Crippen LogP contribution in [-0.4, -0.2) is 35.8 Å². The van der Waals surface area contributed by atoms with Crippen LogP contribution in [0.2, 0.25) is 0 Å². The maximum Gasteiger partial charge on any atom is 0.335 e. The predicted molar refractivity (Wildman–Crippen MR) is 113 cm³/mol. The first-order valence-electron chi connectivity index (χ1n) is 9.45. The van der Waals surface area contributed by atoms with Crippen molar-refractivity contribution in [3.63, 3.8) is 0 Å². The van der Waals surface area contributed by atoms with E-state index in [0.29, 0.717) is 30.4 Å². The van der Waals surface area contributed by atoms with E-state index >= 15 is 0 Å². The minimum Gasteiger partial charge on any atom is -0.478 e. The fourth-order valence-electron chi connectivity index (χ4n) is 2.98. The number of carbonyl (C=O) groups is 2. The molecule has 1 aliphatic rings.